The SMILES string of the molecule is CCC(=O)NCc1nc2ccccc2n1CCOc1ccc(C(C)C)cc1. The van der Waals surface area contributed by atoms with Crippen LogP contribution in [0.2, 0.25) is 0 Å². The predicted molar refractivity (Wildman–Crippen MR) is 108 cm³/mol. The fourth-order valence-corrected chi connectivity index (χ4v) is 3.02. The second kappa shape index (κ2) is 8.71. The summed E-state index contributed by atoms with van der Waals surface area (Å²) in [7, 11) is 0. The topological polar surface area (TPSA) is 56.2 Å². The van der Waals surface area contributed by atoms with Gasteiger partial charge in [-0.1, -0.05) is 45.0 Å². The molecule has 1 amide bonds. The van der Waals surface area contributed by atoms with Gasteiger partial charge in [0.2, 0.25) is 5.91 Å². The van der Waals surface area contributed by atoms with Crippen molar-refractivity contribution in [2.75, 3.05) is 6.61 Å². The minimum absolute atomic E-state index is 0.0232. The van der Waals surface area contributed by atoms with Crippen LogP contribution in [0.4, 0.5) is 0 Å². The number of imidazole rings is 1. The lowest BCUT2D eigenvalue weighted by Crippen LogP contribution is -2.24. The van der Waals surface area contributed by atoms with Crippen molar-refractivity contribution in [3.63, 3.8) is 0 Å². The summed E-state index contributed by atoms with van der Waals surface area (Å²) in [5, 5.41) is 2.91. The van der Waals surface area contributed by atoms with Crippen LogP contribution < -0.4 is 10.1 Å². The number of para-hydroxylation sites is 2. The molecule has 0 saturated carbocycles. The van der Waals surface area contributed by atoms with Crippen molar-refractivity contribution in [3.8, 4) is 5.75 Å². The van der Waals surface area contributed by atoms with E-state index in [0.29, 0.717) is 32.0 Å². The monoisotopic (exact) mass is 365 g/mol. The Morgan fingerprint density at radius 3 is 2.59 bits per heavy atom. The molecule has 1 N–H and O–H groups in total. The zero-order valence-corrected chi connectivity index (χ0v) is 16.2. The first-order chi connectivity index (χ1) is 13.1. The van der Waals surface area contributed by atoms with Gasteiger partial charge in [-0.15, -0.1) is 0 Å². The number of amides is 1. The Kier molecular flexibility index (Phi) is 6.12. The molecule has 1 aromatic heterocycles. The van der Waals surface area contributed by atoms with Crippen molar-refractivity contribution in [1.29, 1.82) is 0 Å². The van der Waals surface area contributed by atoms with Crippen molar-refractivity contribution in [3.05, 3.63) is 59.9 Å². The summed E-state index contributed by atoms with van der Waals surface area (Å²) in [6, 6.07) is 16.3. The van der Waals surface area contributed by atoms with Crippen molar-refractivity contribution < 1.29 is 9.53 Å². The lowest BCUT2D eigenvalue weighted by Gasteiger charge is -2.12. The Hall–Kier alpha value is -2.82. The molecule has 0 atom stereocenters. The quantitative estimate of drug-likeness (QED) is 0.649. The number of hydrogen-bond donors (Lipinski definition) is 1. The molecule has 5 nitrogen and oxygen atoms in total. The molecule has 0 bridgehead atoms. The van der Waals surface area contributed by atoms with E-state index in [0.717, 1.165) is 22.6 Å². The molecule has 3 rings (SSSR count). The molecule has 0 aliphatic heterocycles. The molecule has 3 aromatic rings. The van der Waals surface area contributed by atoms with E-state index in [4.69, 9.17) is 4.74 Å². The van der Waals surface area contributed by atoms with Gasteiger partial charge in [0.25, 0.3) is 0 Å². The molecule has 0 saturated heterocycles. The molecule has 142 valence electrons. The molecular weight excluding hydrogens is 338 g/mol. The second-order valence-corrected chi connectivity index (χ2v) is 6.87. The van der Waals surface area contributed by atoms with Crippen molar-refractivity contribution >= 4 is 16.9 Å². The lowest BCUT2D eigenvalue weighted by molar-refractivity contribution is -0.120. The molecule has 0 aliphatic rings. The van der Waals surface area contributed by atoms with Crippen molar-refractivity contribution in [1.82, 2.24) is 14.9 Å². The third-order valence-electron chi connectivity index (χ3n) is 4.63. The summed E-state index contributed by atoms with van der Waals surface area (Å²) in [5.41, 5.74) is 3.29. The van der Waals surface area contributed by atoms with Crippen LogP contribution in [0.15, 0.2) is 48.5 Å². The minimum atomic E-state index is 0.0232. The number of ether oxygens (including phenoxy) is 1. The number of hydrogen-bond acceptors (Lipinski definition) is 3. The molecule has 2 aromatic carbocycles. The van der Waals surface area contributed by atoms with E-state index >= 15 is 0 Å². The van der Waals surface area contributed by atoms with Crippen LogP contribution in [0, 0.1) is 0 Å². The molecule has 5 heteroatoms. The average molecular weight is 365 g/mol. The number of nitrogens with zero attached hydrogens (tertiary/aromatic N) is 2. The number of carbonyl (C=O) groups excluding carboxylic acids is 1. The van der Waals surface area contributed by atoms with Crippen molar-refractivity contribution in [2.24, 2.45) is 0 Å². The first kappa shape index (κ1) is 19.0. The van der Waals surface area contributed by atoms with Gasteiger partial charge in [0.05, 0.1) is 24.1 Å². The fourth-order valence-electron chi connectivity index (χ4n) is 3.02. The Labute approximate surface area is 160 Å². The number of aromatic nitrogens is 2. The van der Waals surface area contributed by atoms with Gasteiger partial charge in [-0.25, -0.2) is 4.98 Å². The van der Waals surface area contributed by atoms with Crippen LogP contribution in [-0.2, 0) is 17.9 Å². The Morgan fingerprint density at radius 1 is 1.15 bits per heavy atom. The maximum absolute atomic E-state index is 11.6. The largest absolute Gasteiger partial charge is 0.492 e. The minimum Gasteiger partial charge on any atom is -0.492 e. The zero-order chi connectivity index (χ0) is 19.2. The third kappa shape index (κ3) is 4.67. The summed E-state index contributed by atoms with van der Waals surface area (Å²) in [5.74, 6) is 2.24. The van der Waals surface area contributed by atoms with E-state index in [1.807, 2.05) is 43.3 Å². The van der Waals surface area contributed by atoms with Gasteiger partial charge in [0.1, 0.15) is 18.2 Å². The second-order valence-electron chi connectivity index (χ2n) is 6.87. The highest BCUT2D eigenvalue weighted by Gasteiger charge is 2.11. The fraction of sp³-hybridized carbons (Fsp3) is 0.364. The number of benzene rings is 2. The molecule has 1 heterocycles. The van der Waals surface area contributed by atoms with Gasteiger partial charge in [-0.05, 0) is 35.7 Å². The van der Waals surface area contributed by atoms with Gasteiger partial charge in [0, 0.05) is 6.42 Å². The predicted octanol–water partition coefficient (Wildman–Crippen LogP) is 4.26. The Morgan fingerprint density at radius 2 is 1.89 bits per heavy atom. The Balaban J connectivity index is 1.70. The van der Waals surface area contributed by atoms with Crippen LogP contribution >= 0.6 is 0 Å². The first-order valence-corrected chi connectivity index (χ1v) is 9.52. The molecule has 0 aliphatic carbocycles. The van der Waals surface area contributed by atoms with Crippen LogP contribution in [0.5, 0.6) is 5.75 Å². The van der Waals surface area contributed by atoms with Crippen LogP contribution in [0.25, 0.3) is 11.0 Å². The molecule has 0 fully saturated rings. The van der Waals surface area contributed by atoms with E-state index in [1.54, 1.807) is 0 Å². The van der Waals surface area contributed by atoms with E-state index < -0.39 is 0 Å². The average Bonchev–Trinajstić information content (AvgIpc) is 3.04. The number of nitrogens with one attached hydrogen (secondary N) is 1. The maximum Gasteiger partial charge on any atom is 0.220 e. The number of carbonyl (C=O) groups is 1. The van der Waals surface area contributed by atoms with Crippen LogP contribution in [0.1, 0.15) is 44.5 Å². The summed E-state index contributed by atoms with van der Waals surface area (Å²) in [4.78, 5) is 16.3. The Bertz CT molecular complexity index is 898. The van der Waals surface area contributed by atoms with E-state index in [1.165, 1.54) is 5.56 Å². The van der Waals surface area contributed by atoms with Gasteiger partial charge in [-0.2, -0.15) is 0 Å². The smallest absolute Gasteiger partial charge is 0.220 e. The van der Waals surface area contributed by atoms with E-state index in [9.17, 15) is 4.79 Å². The summed E-state index contributed by atoms with van der Waals surface area (Å²) >= 11 is 0. The van der Waals surface area contributed by atoms with Crippen LogP contribution in [0.3, 0.4) is 0 Å². The summed E-state index contributed by atoms with van der Waals surface area (Å²) in [6.07, 6.45) is 0.468. The highest BCUT2D eigenvalue weighted by Crippen LogP contribution is 2.19. The van der Waals surface area contributed by atoms with E-state index in [-0.39, 0.29) is 5.91 Å². The van der Waals surface area contributed by atoms with Crippen molar-refractivity contribution in [2.45, 2.75) is 46.2 Å². The van der Waals surface area contributed by atoms with Gasteiger partial charge in [-0.3, -0.25) is 4.79 Å². The normalized spacial score (nSPS) is 11.1. The van der Waals surface area contributed by atoms with Gasteiger partial charge < -0.3 is 14.6 Å². The third-order valence-corrected chi connectivity index (χ3v) is 4.63. The number of fused-ring (bicyclic) bond motifs is 1. The highest BCUT2D eigenvalue weighted by molar-refractivity contribution is 5.77. The number of rotatable bonds is 8. The standard InChI is InChI=1S/C22H27N3O2/c1-4-22(26)23-15-21-24-19-7-5-6-8-20(19)25(21)13-14-27-18-11-9-17(10-12-18)16(2)3/h5-12,16H,4,13-15H2,1-3H3,(H,23,26). The summed E-state index contributed by atoms with van der Waals surface area (Å²) in [6.45, 7) is 7.83. The van der Waals surface area contributed by atoms with Gasteiger partial charge >= 0.3 is 0 Å². The maximum atomic E-state index is 11.6. The summed E-state index contributed by atoms with van der Waals surface area (Å²) < 4.78 is 8.05. The molecule has 27 heavy (non-hydrogen) atoms. The lowest BCUT2D eigenvalue weighted by atomic mass is 10.0. The van der Waals surface area contributed by atoms with E-state index in [2.05, 4.69) is 40.8 Å². The highest BCUT2D eigenvalue weighted by atomic mass is 16.5. The van der Waals surface area contributed by atoms with Crippen LogP contribution in [-0.4, -0.2) is 22.1 Å². The first-order valence-electron chi connectivity index (χ1n) is 9.52. The van der Waals surface area contributed by atoms with Gasteiger partial charge in [0.15, 0.2) is 0 Å². The molecule has 0 unspecified atom stereocenters. The molecular formula is C22H27N3O2. The zero-order valence-electron chi connectivity index (χ0n) is 16.2. The molecule has 0 radical (unpaired) electrons. The molecule has 0 spiro atoms.